The number of carbonyl (C=O) groups is 3. The number of aromatic nitrogens is 3. The number of nitrogens with one attached hydrogen (secondary N) is 1. The van der Waals surface area contributed by atoms with E-state index in [9.17, 15) is 24.3 Å². The van der Waals surface area contributed by atoms with Crippen molar-refractivity contribution in [3.05, 3.63) is 100 Å². The van der Waals surface area contributed by atoms with Crippen LogP contribution < -0.4 is 10.9 Å². The van der Waals surface area contributed by atoms with Gasteiger partial charge in [-0.3, -0.25) is 19.0 Å². The average Bonchev–Trinajstić information content (AvgIpc) is 3.48. The summed E-state index contributed by atoms with van der Waals surface area (Å²) in [6.45, 7) is 7.40. The lowest BCUT2D eigenvalue weighted by atomic mass is 9.79. The van der Waals surface area contributed by atoms with Crippen molar-refractivity contribution in [2.75, 3.05) is 26.2 Å². The first-order chi connectivity index (χ1) is 23.8. The van der Waals surface area contributed by atoms with Crippen LogP contribution in [-0.2, 0) is 29.7 Å². The molecule has 4 heterocycles. The third-order valence-corrected chi connectivity index (χ3v) is 9.80. The highest BCUT2D eigenvalue weighted by Crippen LogP contribution is 2.36. The first-order valence-electron chi connectivity index (χ1n) is 17.2. The largest absolute Gasteiger partial charge is 0.444 e. The van der Waals surface area contributed by atoms with Crippen LogP contribution in [-0.4, -0.2) is 84.3 Å². The van der Waals surface area contributed by atoms with Gasteiger partial charge in [0.15, 0.2) is 0 Å². The summed E-state index contributed by atoms with van der Waals surface area (Å²) in [7, 11) is 1.83. The molecule has 0 saturated carbocycles. The Morgan fingerprint density at radius 3 is 2.36 bits per heavy atom. The Kier molecular flexibility index (Phi) is 9.84. The van der Waals surface area contributed by atoms with Gasteiger partial charge in [-0.2, -0.15) is 0 Å². The molecule has 2 fully saturated rings. The van der Waals surface area contributed by atoms with Crippen molar-refractivity contribution >= 4 is 28.9 Å². The average molecular weight is 683 g/mol. The van der Waals surface area contributed by atoms with Gasteiger partial charge >= 0.3 is 6.09 Å². The summed E-state index contributed by atoms with van der Waals surface area (Å²) in [5.74, 6) is -0.590. The molecule has 2 aliphatic heterocycles. The van der Waals surface area contributed by atoms with E-state index in [2.05, 4.69) is 10.3 Å². The number of hydrogen-bond acceptors (Lipinski definition) is 7. The SMILES string of the molecule is Cn1ccc2c(=O)n(CC3(O)CCN(C(=O)[C@@H]4CCN(C(=O)c5ccc(CNC(=O)OC(C)(C)C)cc5)C[C@H]4c4ccccc4)CC3)cnc21. The molecule has 4 aromatic rings. The molecule has 2 aromatic carbocycles. The number of amides is 3. The predicted molar refractivity (Wildman–Crippen MR) is 188 cm³/mol. The molecule has 6 rings (SSSR count). The number of aliphatic hydroxyl groups is 1. The Hall–Kier alpha value is -4.97. The smallest absolute Gasteiger partial charge is 0.407 e. The second-order valence-corrected chi connectivity index (χ2v) is 14.6. The van der Waals surface area contributed by atoms with Crippen LogP contribution in [0.25, 0.3) is 11.0 Å². The maximum absolute atomic E-state index is 14.1. The van der Waals surface area contributed by atoms with Crippen LogP contribution in [0.3, 0.4) is 0 Å². The number of carbonyl (C=O) groups excluding carboxylic acids is 3. The molecule has 0 bridgehead atoms. The number of aryl methyl sites for hydroxylation is 1. The van der Waals surface area contributed by atoms with Crippen LogP contribution in [0.5, 0.6) is 0 Å². The third kappa shape index (κ3) is 7.75. The van der Waals surface area contributed by atoms with E-state index in [-0.39, 0.29) is 42.3 Å². The van der Waals surface area contributed by atoms with E-state index in [1.165, 1.54) is 10.9 Å². The number of hydrogen-bond donors (Lipinski definition) is 2. The topological polar surface area (TPSA) is 139 Å². The Morgan fingerprint density at radius 1 is 0.980 bits per heavy atom. The molecule has 2 aromatic heterocycles. The van der Waals surface area contributed by atoms with Gasteiger partial charge in [0.05, 0.1) is 17.5 Å². The number of piperidine rings is 2. The van der Waals surface area contributed by atoms with Crippen LogP contribution in [0.2, 0.25) is 0 Å². The van der Waals surface area contributed by atoms with Crippen molar-refractivity contribution in [2.45, 2.75) is 70.2 Å². The van der Waals surface area contributed by atoms with Crippen molar-refractivity contribution < 1.29 is 24.2 Å². The first kappa shape index (κ1) is 34.9. The molecule has 0 unspecified atom stereocenters. The van der Waals surface area contributed by atoms with Crippen molar-refractivity contribution in [2.24, 2.45) is 13.0 Å². The van der Waals surface area contributed by atoms with E-state index in [1.807, 2.05) is 59.3 Å². The molecule has 2 aliphatic rings. The molecular formula is C38H46N6O6. The summed E-state index contributed by atoms with van der Waals surface area (Å²) in [5, 5.41) is 14.7. The molecular weight excluding hydrogens is 636 g/mol. The fourth-order valence-electron chi connectivity index (χ4n) is 7.05. The minimum Gasteiger partial charge on any atom is -0.444 e. The van der Waals surface area contributed by atoms with Crippen molar-refractivity contribution in [1.29, 1.82) is 0 Å². The second kappa shape index (κ2) is 14.1. The second-order valence-electron chi connectivity index (χ2n) is 14.6. The van der Waals surface area contributed by atoms with Gasteiger partial charge < -0.3 is 29.5 Å². The number of alkyl carbamates (subject to hydrolysis) is 1. The van der Waals surface area contributed by atoms with Gasteiger partial charge in [-0.1, -0.05) is 42.5 Å². The molecule has 3 amide bonds. The van der Waals surface area contributed by atoms with Crippen molar-refractivity contribution in [1.82, 2.24) is 29.2 Å². The van der Waals surface area contributed by atoms with Gasteiger partial charge in [0.2, 0.25) is 5.91 Å². The van der Waals surface area contributed by atoms with Gasteiger partial charge in [-0.25, -0.2) is 9.78 Å². The molecule has 0 radical (unpaired) electrons. The van der Waals surface area contributed by atoms with Crippen LogP contribution in [0.4, 0.5) is 4.79 Å². The molecule has 2 atom stereocenters. The summed E-state index contributed by atoms with van der Waals surface area (Å²) < 4.78 is 8.55. The van der Waals surface area contributed by atoms with Crippen LogP contribution in [0.1, 0.15) is 67.4 Å². The van der Waals surface area contributed by atoms with E-state index in [0.29, 0.717) is 62.0 Å². The van der Waals surface area contributed by atoms with E-state index < -0.39 is 17.3 Å². The highest BCUT2D eigenvalue weighted by molar-refractivity contribution is 5.94. The Labute approximate surface area is 291 Å². The summed E-state index contributed by atoms with van der Waals surface area (Å²) in [4.78, 5) is 61.0. The fourth-order valence-corrected chi connectivity index (χ4v) is 7.05. The van der Waals surface area contributed by atoms with E-state index in [4.69, 9.17) is 4.74 Å². The summed E-state index contributed by atoms with van der Waals surface area (Å²) >= 11 is 0. The Balaban J connectivity index is 1.09. The van der Waals surface area contributed by atoms with Crippen LogP contribution in [0.15, 0.2) is 78.0 Å². The van der Waals surface area contributed by atoms with Crippen LogP contribution >= 0.6 is 0 Å². The van der Waals surface area contributed by atoms with E-state index in [1.54, 1.807) is 49.7 Å². The third-order valence-electron chi connectivity index (χ3n) is 9.80. The molecule has 2 saturated heterocycles. The summed E-state index contributed by atoms with van der Waals surface area (Å²) in [6.07, 6.45) is 3.97. The van der Waals surface area contributed by atoms with E-state index >= 15 is 0 Å². The fraction of sp³-hybridized carbons (Fsp3) is 0.447. The number of fused-ring (bicyclic) bond motifs is 1. The van der Waals surface area contributed by atoms with E-state index in [0.717, 1.165) is 11.1 Å². The van der Waals surface area contributed by atoms with Crippen molar-refractivity contribution in [3.63, 3.8) is 0 Å². The maximum atomic E-state index is 14.1. The molecule has 264 valence electrons. The van der Waals surface area contributed by atoms with Gasteiger partial charge in [-0.15, -0.1) is 0 Å². The lowest BCUT2D eigenvalue weighted by Crippen LogP contribution is -2.53. The monoisotopic (exact) mass is 682 g/mol. The lowest BCUT2D eigenvalue weighted by Gasteiger charge is -2.43. The lowest BCUT2D eigenvalue weighted by molar-refractivity contribution is -0.142. The number of benzene rings is 2. The Bertz CT molecular complexity index is 1900. The van der Waals surface area contributed by atoms with Gasteiger partial charge in [-0.05, 0) is 69.4 Å². The predicted octanol–water partition coefficient (Wildman–Crippen LogP) is 4.06. The molecule has 12 nitrogen and oxygen atoms in total. The molecule has 2 N–H and O–H groups in total. The number of likely N-dealkylation sites (tertiary alicyclic amines) is 2. The molecule has 0 spiro atoms. The quantitative estimate of drug-likeness (QED) is 0.300. The van der Waals surface area contributed by atoms with Gasteiger partial charge in [0.25, 0.3) is 11.5 Å². The van der Waals surface area contributed by atoms with Gasteiger partial charge in [0, 0.05) is 63.4 Å². The zero-order chi connectivity index (χ0) is 35.6. The number of rotatable bonds is 7. The molecule has 0 aliphatic carbocycles. The van der Waals surface area contributed by atoms with Crippen molar-refractivity contribution in [3.8, 4) is 0 Å². The Morgan fingerprint density at radius 2 is 1.68 bits per heavy atom. The first-order valence-corrected chi connectivity index (χ1v) is 17.2. The molecule has 50 heavy (non-hydrogen) atoms. The standard InChI is InChI=1S/C38H46N6O6/c1-37(2,3)50-36(48)39-22-26-10-12-28(13-11-26)33(45)43-19-15-29(31(23-43)27-8-6-5-7-9-27)34(46)42-20-16-38(49,17-21-42)24-44-25-40-32-30(35(44)47)14-18-41(32)4/h5-14,18,25,29,31,49H,15-17,19-24H2,1-4H3,(H,39,48)/t29-,31+/m1/s1. The summed E-state index contributed by atoms with van der Waals surface area (Å²) in [5.41, 5.74) is 1.06. The number of ether oxygens (including phenoxy) is 1. The number of nitrogens with zero attached hydrogens (tertiary/aromatic N) is 5. The minimum atomic E-state index is -1.14. The molecule has 12 heteroatoms. The van der Waals surface area contributed by atoms with Gasteiger partial charge in [0.1, 0.15) is 17.6 Å². The zero-order valence-corrected chi connectivity index (χ0v) is 29.2. The minimum absolute atomic E-state index is 0.0272. The highest BCUT2D eigenvalue weighted by Gasteiger charge is 2.41. The zero-order valence-electron chi connectivity index (χ0n) is 29.2. The summed E-state index contributed by atoms with van der Waals surface area (Å²) in [6, 6.07) is 18.8. The maximum Gasteiger partial charge on any atom is 0.407 e. The van der Waals surface area contributed by atoms with Crippen LogP contribution in [0, 0.1) is 5.92 Å². The normalized spacial score (nSPS) is 19.3. The highest BCUT2D eigenvalue weighted by atomic mass is 16.6.